The van der Waals surface area contributed by atoms with Gasteiger partial charge in [-0.15, -0.1) is 0 Å². The van der Waals surface area contributed by atoms with Gasteiger partial charge in [0.15, 0.2) is 0 Å². The predicted molar refractivity (Wildman–Crippen MR) is 80.8 cm³/mol. The van der Waals surface area contributed by atoms with E-state index in [4.69, 9.17) is 10.5 Å². The molecule has 2 N–H and O–H groups in total. The van der Waals surface area contributed by atoms with Crippen molar-refractivity contribution in [3.8, 4) is 5.75 Å². The lowest BCUT2D eigenvalue weighted by Crippen LogP contribution is -2.47. The lowest BCUT2D eigenvalue weighted by Gasteiger charge is -2.41. The van der Waals surface area contributed by atoms with E-state index < -0.39 is 0 Å². The first-order valence-electron chi connectivity index (χ1n) is 7.32. The third-order valence-electron chi connectivity index (χ3n) is 3.59. The second kappa shape index (κ2) is 5.83. The van der Waals surface area contributed by atoms with Gasteiger partial charge in [0.05, 0.1) is 12.2 Å². The highest BCUT2D eigenvalue weighted by molar-refractivity contribution is 5.61. The third kappa shape index (κ3) is 3.41. The van der Waals surface area contributed by atoms with E-state index in [0.717, 1.165) is 24.4 Å². The molecule has 0 saturated heterocycles. The number of unbranched alkanes of at least 4 members (excludes halogenated alkanes) is 2. The van der Waals surface area contributed by atoms with Crippen LogP contribution in [0.25, 0.3) is 0 Å². The summed E-state index contributed by atoms with van der Waals surface area (Å²) in [5, 5.41) is 0. The van der Waals surface area contributed by atoms with Crippen molar-refractivity contribution < 1.29 is 4.74 Å². The van der Waals surface area contributed by atoms with Crippen molar-refractivity contribution in [1.82, 2.24) is 0 Å². The van der Waals surface area contributed by atoms with Crippen molar-refractivity contribution in [2.24, 2.45) is 5.73 Å². The molecule has 1 aliphatic rings. The molecule has 0 amide bonds. The minimum absolute atomic E-state index is 0.133. The molecule has 0 spiro atoms. The maximum atomic E-state index is 6.10. The lowest BCUT2D eigenvalue weighted by molar-refractivity contribution is 0.105. The predicted octanol–water partition coefficient (Wildman–Crippen LogP) is 3.31. The van der Waals surface area contributed by atoms with E-state index >= 15 is 0 Å². The average molecular weight is 262 g/mol. The molecular formula is C16H26N2O. The maximum absolute atomic E-state index is 6.10. The molecule has 1 aliphatic heterocycles. The molecule has 1 aromatic rings. The fourth-order valence-corrected chi connectivity index (χ4v) is 2.66. The summed E-state index contributed by atoms with van der Waals surface area (Å²) in [6, 6.07) is 6.34. The van der Waals surface area contributed by atoms with Gasteiger partial charge in [-0.3, -0.25) is 0 Å². The Kier molecular flexibility index (Phi) is 4.35. The summed E-state index contributed by atoms with van der Waals surface area (Å²) in [7, 11) is 0. The molecule has 2 rings (SSSR count). The summed E-state index contributed by atoms with van der Waals surface area (Å²) in [6.07, 6.45) is 3.78. The van der Waals surface area contributed by atoms with Gasteiger partial charge in [-0.2, -0.15) is 0 Å². The fraction of sp³-hybridized carbons (Fsp3) is 0.625. The lowest BCUT2D eigenvalue weighted by atomic mass is 10.0. The standard InChI is InChI=1S/C16H26N2O/c1-4-5-6-9-18-12-16(2,3)19-15-10-13(11-17)7-8-14(15)18/h7-8,10H,4-6,9,11-12,17H2,1-3H3. The van der Waals surface area contributed by atoms with Crippen LogP contribution in [0, 0.1) is 0 Å². The minimum Gasteiger partial charge on any atom is -0.484 e. The monoisotopic (exact) mass is 262 g/mol. The number of nitrogens with zero attached hydrogens (tertiary/aromatic N) is 1. The highest BCUT2D eigenvalue weighted by Gasteiger charge is 2.31. The Hall–Kier alpha value is -1.22. The Balaban J connectivity index is 2.22. The molecule has 0 radical (unpaired) electrons. The van der Waals surface area contributed by atoms with Gasteiger partial charge in [-0.1, -0.05) is 25.8 Å². The van der Waals surface area contributed by atoms with Gasteiger partial charge in [-0.25, -0.2) is 0 Å². The molecule has 0 aromatic heterocycles. The largest absolute Gasteiger partial charge is 0.484 e. The van der Waals surface area contributed by atoms with Gasteiger partial charge in [0.2, 0.25) is 0 Å². The summed E-state index contributed by atoms with van der Waals surface area (Å²) >= 11 is 0. The molecule has 19 heavy (non-hydrogen) atoms. The van der Waals surface area contributed by atoms with Gasteiger partial charge in [0.25, 0.3) is 0 Å². The van der Waals surface area contributed by atoms with E-state index in [1.54, 1.807) is 0 Å². The zero-order valence-electron chi connectivity index (χ0n) is 12.4. The van der Waals surface area contributed by atoms with Crippen LogP contribution in [0.2, 0.25) is 0 Å². The first-order valence-corrected chi connectivity index (χ1v) is 7.32. The molecule has 0 unspecified atom stereocenters. The van der Waals surface area contributed by atoms with Crippen molar-refractivity contribution >= 4 is 5.69 Å². The van der Waals surface area contributed by atoms with Crippen molar-refractivity contribution in [2.45, 2.75) is 52.2 Å². The number of hydrogen-bond acceptors (Lipinski definition) is 3. The van der Waals surface area contributed by atoms with E-state index in [2.05, 4.69) is 43.9 Å². The zero-order chi connectivity index (χ0) is 13.9. The van der Waals surface area contributed by atoms with E-state index in [1.807, 2.05) is 0 Å². The number of nitrogens with two attached hydrogens (primary N) is 1. The second-order valence-electron chi connectivity index (χ2n) is 6.00. The molecular weight excluding hydrogens is 236 g/mol. The van der Waals surface area contributed by atoms with Gasteiger partial charge >= 0.3 is 0 Å². The quantitative estimate of drug-likeness (QED) is 0.827. The van der Waals surface area contributed by atoms with Crippen LogP contribution in [0.15, 0.2) is 18.2 Å². The molecule has 106 valence electrons. The van der Waals surface area contributed by atoms with Gasteiger partial charge in [0.1, 0.15) is 11.4 Å². The molecule has 0 fully saturated rings. The Labute approximate surface area is 116 Å². The number of benzene rings is 1. The zero-order valence-corrected chi connectivity index (χ0v) is 12.4. The Morgan fingerprint density at radius 2 is 2.11 bits per heavy atom. The van der Waals surface area contributed by atoms with Crippen LogP contribution < -0.4 is 15.4 Å². The summed E-state index contributed by atoms with van der Waals surface area (Å²) in [6.45, 7) is 9.16. The molecule has 1 aromatic carbocycles. The molecule has 0 saturated carbocycles. The maximum Gasteiger partial charge on any atom is 0.143 e. The smallest absolute Gasteiger partial charge is 0.143 e. The van der Waals surface area contributed by atoms with Crippen molar-refractivity contribution in [1.29, 1.82) is 0 Å². The summed E-state index contributed by atoms with van der Waals surface area (Å²) < 4.78 is 6.10. The van der Waals surface area contributed by atoms with Crippen LogP contribution in [-0.2, 0) is 6.54 Å². The molecule has 0 bridgehead atoms. The van der Waals surface area contributed by atoms with E-state index in [1.165, 1.54) is 24.9 Å². The molecule has 3 nitrogen and oxygen atoms in total. The van der Waals surface area contributed by atoms with Crippen molar-refractivity contribution in [2.75, 3.05) is 18.0 Å². The van der Waals surface area contributed by atoms with Crippen molar-refractivity contribution in [3.05, 3.63) is 23.8 Å². The van der Waals surface area contributed by atoms with Crippen LogP contribution >= 0.6 is 0 Å². The van der Waals surface area contributed by atoms with Crippen LogP contribution in [0.4, 0.5) is 5.69 Å². The molecule has 1 heterocycles. The number of fused-ring (bicyclic) bond motifs is 1. The Morgan fingerprint density at radius 3 is 2.79 bits per heavy atom. The average Bonchev–Trinajstić information content (AvgIpc) is 2.36. The van der Waals surface area contributed by atoms with E-state index in [9.17, 15) is 0 Å². The second-order valence-corrected chi connectivity index (χ2v) is 6.00. The Morgan fingerprint density at radius 1 is 1.32 bits per heavy atom. The number of anilines is 1. The van der Waals surface area contributed by atoms with Crippen LogP contribution in [-0.4, -0.2) is 18.7 Å². The van der Waals surface area contributed by atoms with Crippen molar-refractivity contribution in [3.63, 3.8) is 0 Å². The third-order valence-corrected chi connectivity index (χ3v) is 3.59. The minimum atomic E-state index is -0.133. The first kappa shape index (κ1) is 14.2. The van der Waals surface area contributed by atoms with Gasteiger partial charge in [0, 0.05) is 13.1 Å². The van der Waals surface area contributed by atoms with E-state index in [-0.39, 0.29) is 5.60 Å². The highest BCUT2D eigenvalue weighted by atomic mass is 16.5. The highest BCUT2D eigenvalue weighted by Crippen LogP contribution is 2.37. The normalized spacial score (nSPS) is 16.9. The van der Waals surface area contributed by atoms with E-state index in [0.29, 0.717) is 6.54 Å². The number of rotatable bonds is 5. The molecule has 3 heteroatoms. The summed E-state index contributed by atoms with van der Waals surface area (Å²) in [5.74, 6) is 0.982. The first-order chi connectivity index (χ1) is 9.05. The topological polar surface area (TPSA) is 38.5 Å². The van der Waals surface area contributed by atoms with Crippen LogP contribution in [0.3, 0.4) is 0 Å². The SMILES string of the molecule is CCCCCN1CC(C)(C)Oc2cc(CN)ccc21. The summed E-state index contributed by atoms with van der Waals surface area (Å²) in [4.78, 5) is 2.45. The number of hydrogen-bond donors (Lipinski definition) is 1. The van der Waals surface area contributed by atoms with Crippen LogP contribution in [0.5, 0.6) is 5.75 Å². The fourth-order valence-electron chi connectivity index (χ4n) is 2.66. The molecule has 0 atom stereocenters. The molecule has 0 aliphatic carbocycles. The van der Waals surface area contributed by atoms with Gasteiger partial charge in [-0.05, 0) is 38.0 Å². The Bertz CT molecular complexity index is 429. The number of ether oxygens (including phenoxy) is 1. The van der Waals surface area contributed by atoms with Gasteiger partial charge < -0.3 is 15.4 Å². The summed E-state index contributed by atoms with van der Waals surface area (Å²) in [5.41, 5.74) is 7.93. The van der Waals surface area contributed by atoms with Crippen LogP contribution in [0.1, 0.15) is 45.6 Å².